The number of hydrogen-bond donors (Lipinski definition) is 1. The molecule has 2 heterocycles. The molecule has 24 heavy (non-hydrogen) atoms. The molecule has 0 radical (unpaired) electrons. The van der Waals surface area contributed by atoms with Crippen molar-refractivity contribution >= 4 is 34.5 Å². The van der Waals surface area contributed by atoms with Gasteiger partial charge < -0.3 is 4.57 Å². The van der Waals surface area contributed by atoms with Crippen LogP contribution in [0, 0.1) is 0 Å². The smallest absolute Gasteiger partial charge is 0.313 e. The van der Waals surface area contributed by atoms with Gasteiger partial charge in [-0.25, -0.2) is 4.98 Å². The van der Waals surface area contributed by atoms with Crippen molar-refractivity contribution in [3.8, 4) is 0 Å². The summed E-state index contributed by atoms with van der Waals surface area (Å²) >= 11 is 5.88. The van der Waals surface area contributed by atoms with E-state index in [1.165, 1.54) is 0 Å². The Bertz CT molecular complexity index is 944. The van der Waals surface area contributed by atoms with Gasteiger partial charge in [-0.05, 0) is 18.2 Å². The van der Waals surface area contributed by atoms with Crippen molar-refractivity contribution in [2.45, 2.75) is 6.18 Å². The number of hydrogen-bond acceptors (Lipinski definition) is 3. The first-order valence-corrected chi connectivity index (χ1v) is 7.09. The third-order valence-corrected chi connectivity index (χ3v) is 3.76. The number of halogens is 4. The van der Waals surface area contributed by atoms with Crippen molar-refractivity contribution in [3.63, 3.8) is 0 Å². The molecule has 0 bridgehead atoms. The Balaban J connectivity index is 1.98. The predicted octanol–water partition coefficient (Wildman–Crippen LogP) is 3.23. The molecule has 3 rings (SSSR count). The number of nitrogens with one attached hydrogen (secondary N) is 1. The molecule has 10 heteroatoms. The summed E-state index contributed by atoms with van der Waals surface area (Å²) in [5.74, 6) is -0.839. The number of aromatic nitrogens is 4. The number of aryl methyl sites for hydroxylation is 2. The summed E-state index contributed by atoms with van der Waals surface area (Å²) in [6, 6.07) is 4.95. The molecular weight excluding hydrogens is 347 g/mol. The lowest BCUT2D eigenvalue weighted by Crippen LogP contribution is -2.21. The Morgan fingerprint density at radius 1 is 1.29 bits per heavy atom. The van der Waals surface area contributed by atoms with Crippen molar-refractivity contribution in [2.24, 2.45) is 14.1 Å². The summed E-state index contributed by atoms with van der Waals surface area (Å²) in [5.41, 5.74) is -0.503. The summed E-state index contributed by atoms with van der Waals surface area (Å²) in [6.07, 6.45) is -3.82. The van der Waals surface area contributed by atoms with Crippen LogP contribution in [0.1, 0.15) is 16.1 Å². The van der Waals surface area contributed by atoms with E-state index in [9.17, 15) is 18.0 Å². The van der Waals surface area contributed by atoms with Gasteiger partial charge in [-0.1, -0.05) is 11.6 Å². The van der Waals surface area contributed by atoms with Gasteiger partial charge in [0.15, 0.2) is 5.69 Å². The molecule has 0 atom stereocenters. The number of alkyl halides is 3. The zero-order valence-electron chi connectivity index (χ0n) is 12.5. The Hall–Kier alpha value is -2.55. The molecule has 0 fully saturated rings. The molecule has 6 nitrogen and oxygen atoms in total. The van der Waals surface area contributed by atoms with Crippen LogP contribution in [0.2, 0.25) is 5.02 Å². The van der Waals surface area contributed by atoms with Crippen LogP contribution in [0.15, 0.2) is 24.4 Å². The largest absolute Gasteiger partial charge is 0.433 e. The van der Waals surface area contributed by atoms with Crippen LogP contribution in [0.25, 0.3) is 11.0 Å². The second kappa shape index (κ2) is 5.52. The first kappa shape index (κ1) is 16.3. The predicted molar refractivity (Wildman–Crippen MR) is 81.9 cm³/mol. The summed E-state index contributed by atoms with van der Waals surface area (Å²) in [5, 5.41) is 6.35. The number of anilines is 1. The van der Waals surface area contributed by atoms with E-state index in [-0.39, 0.29) is 5.95 Å². The maximum Gasteiger partial charge on any atom is 0.433 e. The van der Waals surface area contributed by atoms with E-state index in [0.717, 1.165) is 13.2 Å². The van der Waals surface area contributed by atoms with Crippen LogP contribution >= 0.6 is 11.6 Å². The lowest BCUT2D eigenvalue weighted by molar-refractivity contribution is -0.144. The summed E-state index contributed by atoms with van der Waals surface area (Å²) in [4.78, 5) is 16.4. The zero-order chi connectivity index (χ0) is 17.6. The average molecular weight is 358 g/mol. The normalized spacial score (nSPS) is 11.9. The van der Waals surface area contributed by atoms with Crippen molar-refractivity contribution in [3.05, 3.63) is 40.7 Å². The fourth-order valence-electron chi connectivity index (χ4n) is 2.39. The van der Waals surface area contributed by atoms with Gasteiger partial charge in [0, 0.05) is 19.1 Å². The Morgan fingerprint density at radius 2 is 2.00 bits per heavy atom. The number of carbonyl (C=O) groups is 1. The van der Waals surface area contributed by atoms with Gasteiger partial charge in [-0.3, -0.25) is 14.8 Å². The standard InChI is InChI=1S/C14H11ClF3N5O/c1-22-10-4-3-7(15)5-9(10)20-13(22)21-12(24)8-6-19-23(2)11(8)14(16,17)18/h3-6H,1-2H3,(H,20,21,24). The van der Waals surface area contributed by atoms with Gasteiger partial charge in [0.2, 0.25) is 5.95 Å². The van der Waals surface area contributed by atoms with E-state index >= 15 is 0 Å². The molecule has 3 aromatic rings. The lowest BCUT2D eigenvalue weighted by atomic mass is 10.2. The highest BCUT2D eigenvalue weighted by Crippen LogP contribution is 2.32. The molecule has 1 aromatic carbocycles. The fourth-order valence-corrected chi connectivity index (χ4v) is 2.56. The number of rotatable bonds is 2. The van der Waals surface area contributed by atoms with Crippen molar-refractivity contribution in [1.82, 2.24) is 19.3 Å². The first-order chi connectivity index (χ1) is 11.2. The Kier molecular flexibility index (Phi) is 3.75. The minimum absolute atomic E-state index is 0.106. The van der Waals surface area contributed by atoms with Gasteiger partial charge in [-0.2, -0.15) is 18.3 Å². The van der Waals surface area contributed by atoms with Crippen LogP contribution in [0.4, 0.5) is 19.1 Å². The summed E-state index contributed by atoms with van der Waals surface area (Å²) in [6.45, 7) is 0. The number of benzene rings is 1. The van der Waals surface area contributed by atoms with E-state index < -0.39 is 23.3 Å². The molecule has 0 aliphatic carbocycles. The fraction of sp³-hybridized carbons (Fsp3) is 0.214. The van der Waals surface area contributed by atoms with Gasteiger partial charge in [-0.15, -0.1) is 0 Å². The molecule has 1 N–H and O–H groups in total. The molecule has 0 saturated heterocycles. The number of imidazole rings is 1. The highest BCUT2D eigenvalue weighted by atomic mass is 35.5. The zero-order valence-corrected chi connectivity index (χ0v) is 13.3. The maximum atomic E-state index is 13.1. The molecule has 1 amide bonds. The van der Waals surface area contributed by atoms with E-state index in [1.807, 2.05) is 0 Å². The Morgan fingerprint density at radius 3 is 2.67 bits per heavy atom. The minimum Gasteiger partial charge on any atom is -0.313 e. The van der Waals surface area contributed by atoms with Crippen LogP contribution in [0.5, 0.6) is 0 Å². The molecule has 0 aliphatic heterocycles. The third-order valence-electron chi connectivity index (χ3n) is 3.52. The highest BCUT2D eigenvalue weighted by Gasteiger charge is 2.39. The van der Waals surface area contributed by atoms with Gasteiger partial charge in [0.25, 0.3) is 5.91 Å². The topological polar surface area (TPSA) is 64.7 Å². The molecule has 0 spiro atoms. The summed E-state index contributed by atoms with van der Waals surface area (Å²) < 4.78 is 41.3. The van der Waals surface area contributed by atoms with Gasteiger partial charge >= 0.3 is 6.18 Å². The monoisotopic (exact) mass is 357 g/mol. The molecule has 0 aliphatic rings. The second-order valence-electron chi connectivity index (χ2n) is 5.11. The molecular formula is C14H11ClF3N5O. The molecule has 0 unspecified atom stereocenters. The van der Waals surface area contributed by atoms with Crippen molar-refractivity contribution in [1.29, 1.82) is 0 Å². The summed E-state index contributed by atoms with van der Waals surface area (Å²) in [7, 11) is 2.75. The average Bonchev–Trinajstić information content (AvgIpc) is 3.00. The number of carbonyl (C=O) groups excluding carboxylic acids is 1. The lowest BCUT2D eigenvalue weighted by Gasteiger charge is -2.10. The van der Waals surface area contributed by atoms with E-state index in [1.54, 1.807) is 29.8 Å². The van der Waals surface area contributed by atoms with E-state index in [2.05, 4.69) is 15.4 Å². The van der Waals surface area contributed by atoms with E-state index in [4.69, 9.17) is 11.6 Å². The SMILES string of the molecule is Cn1ncc(C(=O)Nc2nc3cc(Cl)ccc3n2C)c1C(F)(F)F. The molecule has 0 saturated carbocycles. The Labute approximate surface area is 138 Å². The number of amides is 1. The minimum atomic E-state index is -4.70. The molecule has 2 aromatic heterocycles. The number of fused-ring (bicyclic) bond motifs is 1. The van der Waals surface area contributed by atoms with Crippen LogP contribution in [-0.4, -0.2) is 25.2 Å². The third kappa shape index (κ3) is 2.71. The van der Waals surface area contributed by atoms with Crippen LogP contribution < -0.4 is 5.32 Å². The van der Waals surface area contributed by atoms with Crippen LogP contribution in [0.3, 0.4) is 0 Å². The van der Waals surface area contributed by atoms with Gasteiger partial charge in [0.1, 0.15) is 0 Å². The van der Waals surface area contributed by atoms with Gasteiger partial charge in [0.05, 0.1) is 22.8 Å². The second-order valence-corrected chi connectivity index (χ2v) is 5.55. The van der Waals surface area contributed by atoms with Crippen LogP contribution in [-0.2, 0) is 20.3 Å². The van der Waals surface area contributed by atoms with Crippen molar-refractivity contribution in [2.75, 3.05) is 5.32 Å². The highest BCUT2D eigenvalue weighted by molar-refractivity contribution is 6.31. The first-order valence-electron chi connectivity index (χ1n) is 6.71. The quantitative estimate of drug-likeness (QED) is 0.765. The number of nitrogens with zero attached hydrogens (tertiary/aromatic N) is 4. The van der Waals surface area contributed by atoms with E-state index in [0.29, 0.717) is 20.7 Å². The maximum absolute atomic E-state index is 13.1. The molecule has 126 valence electrons. The van der Waals surface area contributed by atoms with Crippen molar-refractivity contribution < 1.29 is 18.0 Å².